The lowest BCUT2D eigenvalue weighted by molar-refractivity contribution is 0.145. The minimum atomic E-state index is 0.627. The van der Waals surface area contributed by atoms with Gasteiger partial charge in [0.05, 0.1) is 13.2 Å². The van der Waals surface area contributed by atoms with Crippen LogP contribution in [0.15, 0.2) is 29.3 Å². The van der Waals surface area contributed by atoms with Crippen LogP contribution in [0.25, 0.3) is 0 Å². The van der Waals surface area contributed by atoms with Crippen molar-refractivity contribution in [3.8, 4) is 5.75 Å². The zero-order valence-corrected chi connectivity index (χ0v) is 14.0. The van der Waals surface area contributed by atoms with Crippen LogP contribution in [0.3, 0.4) is 0 Å². The van der Waals surface area contributed by atoms with E-state index in [0.29, 0.717) is 13.2 Å². The van der Waals surface area contributed by atoms with Gasteiger partial charge in [0, 0.05) is 26.3 Å². The van der Waals surface area contributed by atoms with Crippen molar-refractivity contribution in [1.29, 1.82) is 0 Å². The van der Waals surface area contributed by atoms with E-state index in [1.807, 2.05) is 32.0 Å². The van der Waals surface area contributed by atoms with E-state index in [0.717, 1.165) is 50.0 Å². The monoisotopic (exact) mass is 307 g/mol. The molecule has 1 rings (SSSR count). The van der Waals surface area contributed by atoms with Gasteiger partial charge in [0.25, 0.3) is 0 Å². The van der Waals surface area contributed by atoms with Crippen LogP contribution in [0, 0.1) is 0 Å². The summed E-state index contributed by atoms with van der Waals surface area (Å²) in [5, 5.41) is 6.57. The van der Waals surface area contributed by atoms with E-state index < -0.39 is 0 Å². The van der Waals surface area contributed by atoms with Gasteiger partial charge >= 0.3 is 0 Å². The Labute approximate surface area is 134 Å². The van der Waals surface area contributed by atoms with Crippen molar-refractivity contribution >= 4 is 5.96 Å². The van der Waals surface area contributed by atoms with Crippen LogP contribution in [0.4, 0.5) is 0 Å². The molecule has 1 aromatic rings. The molecule has 0 spiro atoms. The molecule has 0 saturated carbocycles. The Kier molecular flexibility index (Phi) is 9.87. The van der Waals surface area contributed by atoms with E-state index in [2.05, 4.69) is 28.6 Å². The van der Waals surface area contributed by atoms with Crippen LogP contribution >= 0.6 is 0 Å². The number of rotatable bonds is 10. The van der Waals surface area contributed by atoms with E-state index >= 15 is 0 Å². The molecule has 0 saturated heterocycles. The van der Waals surface area contributed by atoms with Crippen molar-refractivity contribution in [2.75, 3.05) is 32.9 Å². The number of aliphatic imine (C=N–C) groups is 1. The fourth-order valence-electron chi connectivity index (χ4n) is 1.94. The Bertz CT molecular complexity index is 436. The van der Waals surface area contributed by atoms with Crippen LogP contribution < -0.4 is 15.4 Å². The first-order valence-corrected chi connectivity index (χ1v) is 8.11. The third-order valence-corrected chi connectivity index (χ3v) is 2.94. The highest BCUT2D eigenvalue weighted by molar-refractivity contribution is 5.79. The van der Waals surface area contributed by atoms with Gasteiger partial charge in [0.15, 0.2) is 5.96 Å². The van der Waals surface area contributed by atoms with Crippen molar-refractivity contribution in [1.82, 2.24) is 10.6 Å². The molecule has 0 aliphatic carbocycles. The summed E-state index contributed by atoms with van der Waals surface area (Å²) < 4.78 is 10.8. The van der Waals surface area contributed by atoms with Gasteiger partial charge in [-0.25, -0.2) is 4.99 Å². The maximum absolute atomic E-state index is 5.51. The Hall–Kier alpha value is -1.75. The second-order valence-electron chi connectivity index (χ2n) is 4.75. The summed E-state index contributed by atoms with van der Waals surface area (Å²) >= 11 is 0. The summed E-state index contributed by atoms with van der Waals surface area (Å²) in [6.45, 7) is 10.6. The second kappa shape index (κ2) is 11.9. The van der Waals surface area contributed by atoms with E-state index in [-0.39, 0.29) is 0 Å². The van der Waals surface area contributed by atoms with Crippen LogP contribution in [-0.2, 0) is 11.3 Å². The van der Waals surface area contributed by atoms with Crippen LogP contribution in [0.5, 0.6) is 5.75 Å². The van der Waals surface area contributed by atoms with Gasteiger partial charge in [0.2, 0.25) is 0 Å². The predicted octanol–water partition coefficient (Wildman–Crippen LogP) is 2.57. The summed E-state index contributed by atoms with van der Waals surface area (Å²) in [5.41, 5.74) is 1.14. The molecule has 22 heavy (non-hydrogen) atoms. The Morgan fingerprint density at radius 1 is 1.14 bits per heavy atom. The Morgan fingerprint density at radius 2 is 2.00 bits per heavy atom. The summed E-state index contributed by atoms with van der Waals surface area (Å²) in [7, 11) is 0. The maximum atomic E-state index is 5.51. The van der Waals surface area contributed by atoms with E-state index in [4.69, 9.17) is 9.47 Å². The van der Waals surface area contributed by atoms with Gasteiger partial charge in [-0.1, -0.05) is 12.1 Å². The van der Waals surface area contributed by atoms with E-state index in [1.54, 1.807) is 0 Å². The molecule has 0 aliphatic rings. The summed E-state index contributed by atoms with van der Waals surface area (Å²) in [5.74, 6) is 1.73. The molecule has 0 fully saturated rings. The molecular weight excluding hydrogens is 278 g/mol. The molecule has 1 aromatic carbocycles. The maximum Gasteiger partial charge on any atom is 0.191 e. The fourth-order valence-corrected chi connectivity index (χ4v) is 1.94. The number of benzene rings is 1. The molecular formula is C17H29N3O2. The SMILES string of the molecule is CCNC(=NCc1cccc(OCC)c1)NCCCOCC. The lowest BCUT2D eigenvalue weighted by atomic mass is 10.2. The minimum Gasteiger partial charge on any atom is -0.494 e. The molecule has 5 nitrogen and oxygen atoms in total. The smallest absolute Gasteiger partial charge is 0.191 e. The summed E-state index contributed by atoms with van der Waals surface area (Å²) in [6.07, 6.45) is 0.970. The topological polar surface area (TPSA) is 54.9 Å². The predicted molar refractivity (Wildman–Crippen MR) is 91.5 cm³/mol. The molecule has 0 atom stereocenters. The van der Waals surface area contributed by atoms with Crippen molar-refractivity contribution in [2.45, 2.75) is 33.7 Å². The lowest BCUT2D eigenvalue weighted by Crippen LogP contribution is -2.38. The molecule has 0 radical (unpaired) electrons. The van der Waals surface area contributed by atoms with E-state index in [1.165, 1.54) is 0 Å². The minimum absolute atomic E-state index is 0.627. The first kappa shape index (κ1) is 18.3. The molecule has 0 bridgehead atoms. The van der Waals surface area contributed by atoms with E-state index in [9.17, 15) is 0 Å². The van der Waals surface area contributed by atoms with Crippen molar-refractivity contribution < 1.29 is 9.47 Å². The number of nitrogens with zero attached hydrogens (tertiary/aromatic N) is 1. The van der Waals surface area contributed by atoms with Crippen LogP contribution in [0.1, 0.15) is 32.8 Å². The number of nitrogens with one attached hydrogen (secondary N) is 2. The molecule has 0 amide bonds. The van der Waals surface area contributed by atoms with Gasteiger partial charge in [-0.15, -0.1) is 0 Å². The van der Waals surface area contributed by atoms with Crippen molar-refractivity contribution in [2.24, 2.45) is 4.99 Å². The largest absolute Gasteiger partial charge is 0.494 e. The summed E-state index contributed by atoms with van der Waals surface area (Å²) in [4.78, 5) is 4.60. The first-order valence-electron chi connectivity index (χ1n) is 8.11. The quantitative estimate of drug-likeness (QED) is 0.396. The van der Waals surface area contributed by atoms with Gasteiger partial charge in [-0.05, 0) is 44.9 Å². The van der Waals surface area contributed by atoms with Crippen molar-refractivity contribution in [3.05, 3.63) is 29.8 Å². The van der Waals surface area contributed by atoms with Crippen LogP contribution in [0.2, 0.25) is 0 Å². The highest BCUT2D eigenvalue weighted by Gasteiger charge is 1.99. The normalized spacial score (nSPS) is 11.3. The van der Waals surface area contributed by atoms with Gasteiger partial charge in [-0.3, -0.25) is 0 Å². The molecule has 0 unspecified atom stereocenters. The third-order valence-electron chi connectivity index (χ3n) is 2.94. The van der Waals surface area contributed by atoms with Gasteiger partial charge in [0.1, 0.15) is 5.75 Å². The number of ether oxygens (including phenoxy) is 2. The fraction of sp³-hybridized carbons (Fsp3) is 0.588. The zero-order valence-electron chi connectivity index (χ0n) is 14.0. The first-order chi connectivity index (χ1) is 10.8. The van der Waals surface area contributed by atoms with Crippen LogP contribution in [-0.4, -0.2) is 38.9 Å². The average molecular weight is 307 g/mol. The highest BCUT2D eigenvalue weighted by Crippen LogP contribution is 2.13. The Balaban J connectivity index is 2.48. The van der Waals surface area contributed by atoms with Crippen molar-refractivity contribution in [3.63, 3.8) is 0 Å². The van der Waals surface area contributed by atoms with Gasteiger partial charge < -0.3 is 20.1 Å². The summed E-state index contributed by atoms with van der Waals surface area (Å²) in [6, 6.07) is 8.06. The third kappa shape index (κ3) is 7.88. The molecule has 5 heteroatoms. The second-order valence-corrected chi connectivity index (χ2v) is 4.75. The highest BCUT2D eigenvalue weighted by atomic mass is 16.5. The zero-order chi connectivity index (χ0) is 16.0. The lowest BCUT2D eigenvalue weighted by Gasteiger charge is -2.11. The molecule has 0 heterocycles. The molecule has 0 aromatic heterocycles. The molecule has 2 N–H and O–H groups in total. The number of hydrogen-bond acceptors (Lipinski definition) is 3. The average Bonchev–Trinajstić information content (AvgIpc) is 2.53. The Morgan fingerprint density at radius 3 is 2.73 bits per heavy atom. The molecule has 124 valence electrons. The number of guanidine groups is 1. The number of hydrogen-bond donors (Lipinski definition) is 2. The molecule has 0 aliphatic heterocycles. The standard InChI is InChI=1S/C17H29N3O2/c1-4-18-17(19-11-8-12-21-5-2)20-14-15-9-7-10-16(13-15)22-6-3/h7,9-10,13H,4-6,8,11-12,14H2,1-3H3,(H2,18,19,20). The van der Waals surface area contributed by atoms with Gasteiger partial charge in [-0.2, -0.15) is 0 Å².